The lowest BCUT2D eigenvalue weighted by Crippen LogP contribution is -2.28. The van der Waals surface area contributed by atoms with Gasteiger partial charge in [0.2, 0.25) is 5.78 Å². The molecule has 0 fully saturated rings. The zero-order valence-electron chi connectivity index (χ0n) is 25.9. The van der Waals surface area contributed by atoms with E-state index in [1.165, 1.54) is 31.7 Å². The monoisotopic (exact) mass is 600 g/mol. The van der Waals surface area contributed by atoms with E-state index < -0.39 is 11.6 Å². The molecule has 0 amide bonds. The molecule has 8 nitrogen and oxygen atoms in total. The standard InChI is InChI=1S/C36H44N2O6/c1-3-5-7-9-19-43-27-15-11-25(12-16-27)23-37-29-21-31(39)34-33(35(29)41)32(40)22-30(36(34)42)38-24-26-13-17-28(18-14-26)44-20-10-8-6-4-2/h11-18,21,37,39,41H,3-10,19-20,22-24H2,1-2H3. The second kappa shape index (κ2) is 16.5. The highest BCUT2D eigenvalue weighted by molar-refractivity contribution is 6.53. The van der Waals surface area contributed by atoms with Gasteiger partial charge in [-0.2, -0.15) is 0 Å². The fraction of sp³-hybridized carbons (Fsp3) is 0.417. The molecule has 0 heterocycles. The molecule has 1 aliphatic rings. The molecule has 0 bridgehead atoms. The van der Waals surface area contributed by atoms with Crippen LogP contribution < -0.4 is 14.8 Å². The van der Waals surface area contributed by atoms with E-state index in [9.17, 15) is 19.8 Å². The summed E-state index contributed by atoms with van der Waals surface area (Å²) in [6.07, 6.45) is 8.87. The molecule has 3 aromatic rings. The van der Waals surface area contributed by atoms with Crippen molar-refractivity contribution in [2.24, 2.45) is 4.99 Å². The molecule has 0 radical (unpaired) electrons. The summed E-state index contributed by atoms with van der Waals surface area (Å²) in [5.41, 5.74) is 1.62. The Hall–Kier alpha value is -4.33. The zero-order valence-corrected chi connectivity index (χ0v) is 25.9. The van der Waals surface area contributed by atoms with Gasteiger partial charge in [-0.1, -0.05) is 76.6 Å². The number of aliphatic imine (C=N–C) groups is 1. The Morgan fingerprint density at radius 2 is 1.32 bits per heavy atom. The number of Topliss-reactive ketones (excluding diaryl/α,β-unsaturated/α-hetero) is 2. The van der Waals surface area contributed by atoms with Crippen LogP contribution in [-0.2, 0) is 13.1 Å². The SMILES string of the molecule is CCCCCCOc1ccc(CN=C2CC(=O)c3c(O)c(NCc4ccc(OCCCCCC)cc4)cc(O)c3C2=O)cc1. The van der Waals surface area contributed by atoms with Gasteiger partial charge in [0.25, 0.3) is 0 Å². The van der Waals surface area contributed by atoms with Crippen LogP contribution in [0.1, 0.15) is 103 Å². The minimum absolute atomic E-state index is 0.0573. The maximum absolute atomic E-state index is 13.2. The molecule has 1 aliphatic carbocycles. The second-order valence-electron chi connectivity index (χ2n) is 11.2. The quantitative estimate of drug-likeness (QED) is 0.0815. The average Bonchev–Trinajstić information content (AvgIpc) is 3.03. The van der Waals surface area contributed by atoms with Crippen molar-refractivity contribution in [3.8, 4) is 23.0 Å². The summed E-state index contributed by atoms with van der Waals surface area (Å²) in [5.74, 6) is -0.191. The summed E-state index contributed by atoms with van der Waals surface area (Å²) >= 11 is 0. The predicted molar refractivity (Wildman–Crippen MR) is 174 cm³/mol. The number of phenolic OH excluding ortho intramolecular Hbond substituents is 2. The lowest BCUT2D eigenvalue weighted by atomic mass is 9.86. The highest BCUT2D eigenvalue weighted by atomic mass is 16.5. The number of benzene rings is 3. The molecule has 0 atom stereocenters. The first-order valence-corrected chi connectivity index (χ1v) is 15.8. The van der Waals surface area contributed by atoms with Crippen molar-refractivity contribution < 1.29 is 29.3 Å². The number of ketones is 2. The smallest absolute Gasteiger partial charge is 0.211 e. The van der Waals surface area contributed by atoms with Crippen LogP contribution in [0.15, 0.2) is 59.6 Å². The van der Waals surface area contributed by atoms with Crippen molar-refractivity contribution in [3.63, 3.8) is 0 Å². The molecule has 0 aliphatic heterocycles. The van der Waals surface area contributed by atoms with Gasteiger partial charge in [0.05, 0.1) is 48.7 Å². The van der Waals surface area contributed by atoms with E-state index >= 15 is 0 Å². The van der Waals surface area contributed by atoms with Gasteiger partial charge in [0.15, 0.2) is 11.5 Å². The predicted octanol–water partition coefficient (Wildman–Crippen LogP) is 8.04. The number of phenols is 2. The Bertz CT molecular complexity index is 1430. The van der Waals surface area contributed by atoms with Gasteiger partial charge in [-0.25, -0.2) is 0 Å². The number of anilines is 1. The van der Waals surface area contributed by atoms with Gasteiger partial charge < -0.3 is 25.0 Å². The van der Waals surface area contributed by atoms with E-state index in [1.54, 1.807) is 0 Å². The first-order chi connectivity index (χ1) is 21.4. The van der Waals surface area contributed by atoms with E-state index in [2.05, 4.69) is 24.2 Å². The maximum Gasteiger partial charge on any atom is 0.211 e. The van der Waals surface area contributed by atoms with E-state index in [1.807, 2.05) is 48.5 Å². The molecule has 0 spiro atoms. The molecule has 0 aromatic heterocycles. The summed E-state index contributed by atoms with van der Waals surface area (Å²) in [5, 5.41) is 24.8. The molecule has 0 unspecified atom stereocenters. The summed E-state index contributed by atoms with van der Waals surface area (Å²) in [7, 11) is 0. The van der Waals surface area contributed by atoms with Gasteiger partial charge in [0.1, 0.15) is 17.2 Å². The molecule has 8 heteroatoms. The number of carbonyl (C=O) groups is 2. The third kappa shape index (κ3) is 8.85. The molecule has 44 heavy (non-hydrogen) atoms. The second-order valence-corrected chi connectivity index (χ2v) is 11.2. The fourth-order valence-electron chi connectivity index (χ4n) is 5.10. The third-order valence-corrected chi connectivity index (χ3v) is 7.69. The summed E-state index contributed by atoms with van der Waals surface area (Å²) in [4.78, 5) is 30.7. The number of hydrogen-bond acceptors (Lipinski definition) is 8. The number of nitrogens with one attached hydrogen (secondary N) is 1. The lowest BCUT2D eigenvalue weighted by Gasteiger charge is -2.20. The molecule has 0 saturated carbocycles. The highest BCUT2D eigenvalue weighted by Gasteiger charge is 2.35. The Kier molecular flexibility index (Phi) is 12.2. The Labute approximate surface area is 260 Å². The Balaban J connectivity index is 1.36. The van der Waals surface area contributed by atoms with Crippen LogP contribution >= 0.6 is 0 Å². The van der Waals surface area contributed by atoms with Crippen LogP contribution in [0.3, 0.4) is 0 Å². The van der Waals surface area contributed by atoms with E-state index in [4.69, 9.17) is 9.47 Å². The van der Waals surface area contributed by atoms with Crippen LogP contribution in [0.4, 0.5) is 5.69 Å². The van der Waals surface area contributed by atoms with Crippen molar-refractivity contribution in [2.45, 2.75) is 84.7 Å². The van der Waals surface area contributed by atoms with Crippen LogP contribution in [0.5, 0.6) is 23.0 Å². The van der Waals surface area contributed by atoms with Crippen LogP contribution in [0.2, 0.25) is 0 Å². The van der Waals surface area contributed by atoms with Crippen molar-refractivity contribution in [1.29, 1.82) is 0 Å². The molecule has 3 aromatic carbocycles. The average molecular weight is 601 g/mol. The van der Waals surface area contributed by atoms with E-state index in [-0.39, 0.29) is 47.0 Å². The first-order valence-electron chi connectivity index (χ1n) is 15.8. The number of rotatable bonds is 17. The topological polar surface area (TPSA) is 117 Å². The van der Waals surface area contributed by atoms with E-state index in [0.717, 1.165) is 48.3 Å². The Morgan fingerprint density at radius 3 is 1.89 bits per heavy atom. The van der Waals surface area contributed by atoms with Crippen LogP contribution in [-0.4, -0.2) is 40.7 Å². The number of nitrogens with zero attached hydrogens (tertiary/aromatic N) is 1. The molecule has 0 saturated heterocycles. The minimum atomic E-state index is -0.559. The first kappa shape index (κ1) is 32.6. The molecule has 234 valence electrons. The van der Waals surface area contributed by atoms with Crippen molar-refractivity contribution in [2.75, 3.05) is 18.5 Å². The number of fused-ring (bicyclic) bond motifs is 1. The zero-order chi connectivity index (χ0) is 31.3. The number of aromatic hydroxyl groups is 2. The van der Waals surface area contributed by atoms with Gasteiger partial charge in [0, 0.05) is 12.6 Å². The van der Waals surface area contributed by atoms with Gasteiger partial charge in [-0.3, -0.25) is 14.6 Å². The maximum atomic E-state index is 13.2. The fourth-order valence-corrected chi connectivity index (χ4v) is 5.10. The van der Waals surface area contributed by atoms with Gasteiger partial charge in [-0.15, -0.1) is 0 Å². The number of ether oxygens (including phenoxy) is 2. The van der Waals surface area contributed by atoms with E-state index in [0.29, 0.717) is 19.8 Å². The van der Waals surface area contributed by atoms with Crippen LogP contribution in [0, 0.1) is 0 Å². The minimum Gasteiger partial charge on any atom is -0.507 e. The van der Waals surface area contributed by atoms with Crippen molar-refractivity contribution in [3.05, 3.63) is 76.9 Å². The molecular weight excluding hydrogens is 556 g/mol. The molecular formula is C36H44N2O6. The van der Waals surface area contributed by atoms with Gasteiger partial charge >= 0.3 is 0 Å². The largest absolute Gasteiger partial charge is 0.507 e. The number of unbranched alkanes of at least 4 members (excludes halogenated alkanes) is 6. The van der Waals surface area contributed by atoms with Crippen molar-refractivity contribution in [1.82, 2.24) is 0 Å². The van der Waals surface area contributed by atoms with Gasteiger partial charge in [-0.05, 0) is 48.2 Å². The number of carbonyl (C=O) groups excluding carboxylic acids is 2. The highest BCUT2D eigenvalue weighted by Crippen LogP contribution is 2.40. The normalized spacial score (nSPS) is 13.6. The summed E-state index contributed by atoms with van der Waals surface area (Å²) < 4.78 is 11.6. The number of hydrogen-bond donors (Lipinski definition) is 3. The molecule has 4 rings (SSSR count). The lowest BCUT2D eigenvalue weighted by molar-refractivity contribution is 0.0960. The summed E-state index contributed by atoms with van der Waals surface area (Å²) in [6, 6.07) is 16.4. The van der Waals surface area contributed by atoms with Crippen LogP contribution in [0.25, 0.3) is 0 Å². The third-order valence-electron chi connectivity index (χ3n) is 7.69. The summed E-state index contributed by atoms with van der Waals surface area (Å²) in [6.45, 7) is 6.24. The Morgan fingerprint density at radius 1 is 0.750 bits per heavy atom. The molecule has 3 N–H and O–H groups in total. The van der Waals surface area contributed by atoms with Crippen molar-refractivity contribution >= 4 is 23.0 Å².